The zero-order valence-electron chi connectivity index (χ0n) is 16.5. The molecule has 0 aromatic carbocycles. The zero-order valence-corrected chi connectivity index (χ0v) is 20.0. The predicted octanol–water partition coefficient (Wildman–Crippen LogP) is 1.54. The first-order valence-corrected chi connectivity index (χ1v) is 11.6. The van der Waals surface area contributed by atoms with Gasteiger partial charge in [-0.1, -0.05) is 0 Å². The summed E-state index contributed by atoms with van der Waals surface area (Å²) in [5, 5.41) is 0. The summed E-state index contributed by atoms with van der Waals surface area (Å²) < 4.78 is 32.3. The van der Waals surface area contributed by atoms with E-state index >= 15 is 0 Å². The quantitative estimate of drug-likeness (QED) is 0.0881. The molecule has 0 saturated carbocycles. The van der Waals surface area contributed by atoms with Crippen molar-refractivity contribution in [3.8, 4) is 0 Å². The van der Waals surface area contributed by atoms with E-state index in [9.17, 15) is 9.59 Å². The standard InChI is InChI=1S/C17H32O8S4/c18-15(1-5-26)24-11-17(9-22-13-20-3-7-28,10-23-14-21-4-8-29)12-25-16(19)2-6-27/h26-29H,1-14H2. The molecular formula is C17H32O8S4. The van der Waals surface area contributed by atoms with Gasteiger partial charge in [-0.05, 0) is 0 Å². The highest BCUT2D eigenvalue weighted by molar-refractivity contribution is 7.80. The molecule has 0 radical (unpaired) electrons. The van der Waals surface area contributed by atoms with Crippen LogP contribution < -0.4 is 0 Å². The van der Waals surface area contributed by atoms with Gasteiger partial charge in [-0.25, -0.2) is 0 Å². The van der Waals surface area contributed by atoms with Gasteiger partial charge in [-0.2, -0.15) is 50.5 Å². The molecule has 0 fully saturated rings. The van der Waals surface area contributed by atoms with Gasteiger partial charge >= 0.3 is 11.9 Å². The summed E-state index contributed by atoms with van der Waals surface area (Å²) in [5.74, 6) is 1.02. The first-order chi connectivity index (χ1) is 14.0. The zero-order chi connectivity index (χ0) is 21.8. The van der Waals surface area contributed by atoms with Crippen LogP contribution in [0, 0.1) is 5.41 Å². The van der Waals surface area contributed by atoms with Crippen LogP contribution in [0.25, 0.3) is 0 Å². The van der Waals surface area contributed by atoms with E-state index in [0.717, 1.165) is 0 Å². The minimum absolute atomic E-state index is 0.0215. The van der Waals surface area contributed by atoms with Gasteiger partial charge in [-0.3, -0.25) is 9.59 Å². The van der Waals surface area contributed by atoms with Crippen molar-refractivity contribution in [1.82, 2.24) is 0 Å². The fourth-order valence-electron chi connectivity index (χ4n) is 1.93. The lowest BCUT2D eigenvalue weighted by atomic mass is 9.92. The molecule has 29 heavy (non-hydrogen) atoms. The van der Waals surface area contributed by atoms with Gasteiger partial charge in [0.25, 0.3) is 0 Å². The number of carbonyl (C=O) groups excluding carboxylic acids is 2. The Bertz CT molecular complexity index is 390. The van der Waals surface area contributed by atoms with Crippen LogP contribution in [0.4, 0.5) is 0 Å². The highest BCUT2D eigenvalue weighted by Crippen LogP contribution is 2.22. The average molecular weight is 493 g/mol. The lowest BCUT2D eigenvalue weighted by Gasteiger charge is -2.32. The van der Waals surface area contributed by atoms with Crippen molar-refractivity contribution >= 4 is 62.5 Å². The highest BCUT2D eigenvalue weighted by atomic mass is 32.1. The minimum Gasteiger partial charge on any atom is -0.465 e. The molecule has 0 N–H and O–H groups in total. The van der Waals surface area contributed by atoms with E-state index in [4.69, 9.17) is 28.4 Å². The van der Waals surface area contributed by atoms with Crippen molar-refractivity contribution < 1.29 is 38.0 Å². The van der Waals surface area contributed by atoms with Gasteiger partial charge in [0, 0.05) is 23.0 Å². The Balaban J connectivity index is 5.00. The Labute approximate surface area is 194 Å². The summed E-state index contributed by atoms with van der Waals surface area (Å²) in [6.45, 7) is 0.931. The minimum atomic E-state index is -0.923. The van der Waals surface area contributed by atoms with Gasteiger partial charge in [0.2, 0.25) is 0 Å². The molecule has 172 valence electrons. The molecule has 0 unspecified atom stereocenters. The molecule has 0 heterocycles. The maximum atomic E-state index is 11.8. The van der Waals surface area contributed by atoms with Crippen LogP contribution in [0.2, 0.25) is 0 Å². The van der Waals surface area contributed by atoms with Crippen LogP contribution in [0.15, 0.2) is 0 Å². The molecular weight excluding hydrogens is 460 g/mol. The van der Waals surface area contributed by atoms with Gasteiger partial charge in [0.15, 0.2) is 0 Å². The summed E-state index contributed by atoms with van der Waals surface area (Å²) in [6, 6.07) is 0. The Hall–Kier alpha value is 0.180. The number of hydrogen-bond donors (Lipinski definition) is 4. The number of esters is 2. The number of rotatable bonds is 20. The summed E-state index contributed by atoms with van der Waals surface area (Å²) in [7, 11) is 0. The van der Waals surface area contributed by atoms with Crippen molar-refractivity contribution in [3.05, 3.63) is 0 Å². The van der Waals surface area contributed by atoms with E-state index in [0.29, 0.717) is 36.2 Å². The highest BCUT2D eigenvalue weighted by Gasteiger charge is 2.35. The molecule has 0 aliphatic carbocycles. The molecule has 0 aliphatic heterocycles. The monoisotopic (exact) mass is 492 g/mol. The van der Waals surface area contributed by atoms with Crippen LogP contribution in [0.3, 0.4) is 0 Å². The Morgan fingerprint density at radius 1 is 0.586 bits per heavy atom. The maximum absolute atomic E-state index is 11.8. The molecule has 0 aromatic heterocycles. The van der Waals surface area contributed by atoms with Crippen molar-refractivity contribution in [3.63, 3.8) is 0 Å². The fraction of sp³-hybridized carbons (Fsp3) is 0.882. The first kappa shape index (κ1) is 29.2. The van der Waals surface area contributed by atoms with Crippen molar-refractivity contribution in [2.45, 2.75) is 12.8 Å². The van der Waals surface area contributed by atoms with Crippen LogP contribution >= 0.6 is 50.5 Å². The topological polar surface area (TPSA) is 89.5 Å². The Kier molecular flexibility index (Phi) is 20.2. The third-order valence-electron chi connectivity index (χ3n) is 3.33. The van der Waals surface area contributed by atoms with E-state index in [1.807, 2.05) is 0 Å². The molecule has 0 aromatic rings. The molecule has 0 bridgehead atoms. The first-order valence-electron chi connectivity index (χ1n) is 9.09. The fourth-order valence-corrected chi connectivity index (χ4v) is 2.55. The van der Waals surface area contributed by atoms with Crippen molar-refractivity contribution in [1.29, 1.82) is 0 Å². The van der Waals surface area contributed by atoms with Crippen molar-refractivity contribution in [2.75, 3.05) is 76.2 Å². The van der Waals surface area contributed by atoms with Crippen LogP contribution in [0.5, 0.6) is 0 Å². The average Bonchev–Trinajstić information content (AvgIpc) is 2.70. The van der Waals surface area contributed by atoms with E-state index in [2.05, 4.69) is 50.5 Å². The normalized spacial score (nSPS) is 11.4. The van der Waals surface area contributed by atoms with E-state index in [1.165, 1.54) is 0 Å². The second kappa shape index (κ2) is 20.1. The summed E-state index contributed by atoms with van der Waals surface area (Å²) in [4.78, 5) is 23.6. The second-order valence-corrected chi connectivity index (χ2v) is 7.75. The van der Waals surface area contributed by atoms with Gasteiger partial charge in [0.05, 0.1) is 44.7 Å². The second-order valence-electron chi connectivity index (χ2n) is 5.96. The summed E-state index contributed by atoms with van der Waals surface area (Å²) in [6.07, 6.45) is 0.326. The van der Waals surface area contributed by atoms with Crippen molar-refractivity contribution in [2.24, 2.45) is 5.41 Å². The molecule has 0 spiro atoms. The Morgan fingerprint density at radius 3 is 1.34 bits per heavy atom. The molecule has 12 heteroatoms. The van der Waals surface area contributed by atoms with E-state index in [-0.39, 0.29) is 52.9 Å². The van der Waals surface area contributed by atoms with E-state index in [1.54, 1.807) is 0 Å². The van der Waals surface area contributed by atoms with Gasteiger partial charge in [0.1, 0.15) is 26.8 Å². The van der Waals surface area contributed by atoms with Gasteiger partial charge in [-0.15, -0.1) is 0 Å². The third-order valence-corrected chi connectivity index (χ3v) is 4.14. The molecule has 0 amide bonds. The molecule has 0 atom stereocenters. The molecule has 0 rings (SSSR count). The lowest BCUT2D eigenvalue weighted by Crippen LogP contribution is -2.43. The third kappa shape index (κ3) is 16.5. The number of carbonyl (C=O) groups is 2. The summed E-state index contributed by atoms with van der Waals surface area (Å²) >= 11 is 16.2. The SMILES string of the molecule is O=C(CCS)OCC(COCOCCS)(COCOCCS)COC(=O)CCS. The Morgan fingerprint density at radius 2 is 1.00 bits per heavy atom. The number of hydrogen-bond acceptors (Lipinski definition) is 12. The van der Waals surface area contributed by atoms with E-state index < -0.39 is 17.4 Å². The van der Waals surface area contributed by atoms with Crippen LogP contribution in [0.1, 0.15) is 12.8 Å². The smallest absolute Gasteiger partial charge is 0.306 e. The number of thiol groups is 4. The predicted molar refractivity (Wildman–Crippen MR) is 123 cm³/mol. The molecule has 8 nitrogen and oxygen atoms in total. The molecule has 0 saturated heterocycles. The van der Waals surface area contributed by atoms with Crippen LogP contribution in [-0.2, 0) is 38.0 Å². The maximum Gasteiger partial charge on any atom is 0.306 e. The lowest BCUT2D eigenvalue weighted by molar-refractivity contribution is -0.174. The molecule has 0 aliphatic rings. The van der Waals surface area contributed by atoms with Crippen LogP contribution in [-0.4, -0.2) is 88.2 Å². The number of ether oxygens (including phenoxy) is 6. The summed E-state index contributed by atoms with van der Waals surface area (Å²) in [5.41, 5.74) is -0.923. The van der Waals surface area contributed by atoms with Gasteiger partial charge < -0.3 is 28.4 Å². The largest absolute Gasteiger partial charge is 0.465 e.